The van der Waals surface area contributed by atoms with Gasteiger partial charge in [-0.05, 0) is 60.2 Å². The van der Waals surface area contributed by atoms with Gasteiger partial charge in [-0.1, -0.05) is 24.3 Å². The Balaban J connectivity index is 1.76. The maximum absolute atomic E-state index is 12.8. The van der Waals surface area contributed by atoms with Gasteiger partial charge in [0.05, 0.1) is 14.2 Å². The zero-order valence-electron chi connectivity index (χ0n) is 18.1. The lowest BCUT2D eigenvalue weighted by Gasteiger charge is -2.12. The van der Waals surface area contributed by atoms with Crippen LogP contribution < -0.4 is 25.4 Å². The third-order valence-electron chi connectivity index (χ3n) is 4.48. The van der Waals surface area contributed by atoms with Gasteiger partial charge in [0.15, 0.2) is 11.5 Å². The molecule has 7 heteroatoms. The molecule has 0 saturated heterocycles. The first kappa shape index (κ1) is 22.4. The highest BCUT2D eigenvalue weighted by molar-refractivity contribution is 6.08. The molecule has 0 aromatic heterocycles. The lowest BCUT2D eigenvalue weighted by Crippen LogP contribution is -2.28. The van der Waals surface area contributed by atoms with Crippen molar-refractivity contribution in [1.29, 1.82) is 0 Å². The number of hydrogen-bond acceptors (Lipinski definition) is 5. The van der Waals surface area contributed by atoms with Gasteiger partial charge in [0.25, 0.3) is 5.91 Å². The van der Waals surface area contributed by atoms with Crippen LogP contribution in [0.1, 0.15) is 12.5 Å². The fourth-order valence-electron chi connectivity index (χ4n) is 2.98. The van der Waals surface area contributed by atoms with Crippen LogP contribution in [0.3, 0.4) is 0 Å². The Morgan fingerprint density at radius 1 is 0.781 bits per heavy atom. The summed E-state index contributed by atoms with van der Waals surface area (Å²) in [4.78, 5) is 24.5. The van der Waals surface area contributed by atoms with E-state index in [1.165, 1.54) is 14.0 Å². The molecule has 0 aliphatic rings. The minimum Gasteiger partial charge on any atom is -0.493 e. The molecule has 0 atom stereocenters. The number of anilines is 3. The second kappa shape index (κ2) is 10.7. The Bertz CT molecular complexity index is 1110. The van der Waals surface area contributed by atoms with E-state index in [-0.39, 0.29) is 11.6 Å². The lowest BCUT2D eigenvalue weighted by molar-refractivity contribution is -0.120. The summed E-state index contributed by atoms with van der Waals surface area (Å²) in [6.45, 7) is 1.35. The molecule has 0 aliphatic heterocycles. The summed E-state index contributed by atoms with van der Waals surface area (Å²) in [6.07, 6.45) is 1.57. The Hall–Kier alpha value is -4.26. The summed E-state index contributed by atoms with van der Waals surface area (Å²) < 4.78 is 10.5. The van der Waals surface area contributed by atoms with Crippen LogP contribution in [-0.4, -0.2) is 26.0 Å². The molecular formula is C25H25N3O4. The van der Waals surface area contributed by atoms with Crippen LogP contribution in [0.25, 0.3) is 6.08 Å². The number of hydrogen-bond donors (Lipinski definition) is 3. The predicted molar refractivity (Wildman–Crippen MR) is 126 cm³/mol. The number of benzene rings is 3. The Labute approximate surface area is 187 Å². The molecule has 3 aromatic rings. The predicted octanol–water partition coefficient (Wildman–Crippen LogP) is 4.56. The third-order valence-corrected chi connectivity index (χ3v) is 4.48. The zero-order chi connectivity index (χ0) is 22.9. The van der Waals surface area contributed by atoms with E-state index in [1.807, 2.05) is 42.5 Å². The Morgan fingerprint density at radius 3 is 2.03 bits per heavy atom. The molecule has 2 amide bonds. The number of nitrogens with one attached hydrogen (secondary N) is 3. The van der Waals surface area contributed by atoms with E-state index in [9.17, 15) is 9.59 Å². The van der Waals surface area contributed by atoms with E-state index in [0.29, 0.717) is 22.7 Å². The first-order valence-electron chi connectivity index (χ1n) is 9.93. The highest BCUT2D eigenvalue weighted by Gasteiger charge is 2.13. The van der Waals surface area contributed by atoms with Gasteiger partial charge in [0, 0.05) is 24.0 Å². The van der Waals surface area contributed by atoms with E-state index in [0.717, 1.165) is 11.4 Å². The van der Waals surface area contributed by atoms with Crippen LogP contribution in [0.2, 0.25) is 0 Å². The molecule has 0 saturated carbocycles. The summed E-state index contributed by atoms with van der Waals surface area (Å²) in [5.41, 5.74) is 3.23. The fraction of sp³-hybridized carbons (Fsp3) is 0.120. The number of rotatable bonds is 8. The van der Waals surface area contributed by atoms with E-state index in [1.54, 1.807) is 43.5 Å². The van der Waals surface area contributed by atoms with E-state index in [2.05, 4.69) is 16.0 Å². The van der Waals surface area contributed by atoms with E-state index in [4.69, 9.17) is 9.47 Å². The van der Waals surface area contributed by atoms with Crippen molar-refractivity contribution in [3.63, 3.8) is 0 Å². The molecule has 0 radical (unpaired) electrons. The van der Waals surface area contributed by atoms with Gasteiger partial charge in [-0.3, -0.25) is 9.59 Å². The normalized spacial score (nSPS) is 10.8. The second-order valence-electron chi connectivity index (χ2n) is 6.88. The average molecular weight is 431 g/mol. The number of carbonyl (C=O) groups is 2. The van der Waals surface area contributed by atoms with Crippen molar-refractivity contribution in [3.8, 4) is 11.5 Å². The standard InChI is InChI=1S/C25H25N3O4/c1-17(29)26-22(15-18-9-14-23(31-2)24(16-18)32-3)25(30)28-21-12-10-20(11-13-21)27-19-7-5-4-6-8-19/h4-16,27H,1-3H3,(H,26,29)(H,28,30). The van der Waals surface area contributed by atoms with Crippen molar-refractivity contribution in [2.45, 2.75) is 6.92 Å². The maximum atomic E-state index is 12.8. The Morgan fingerprint density at radius 2 is 1.41 bits per heavy atom. The summed E-state index contributed by atoms with van der Waals surface area (Å²) in [5.74, 6) is 0.290. The van der Waals surface area contributed by atoms with Crippen LogP contribution >= 0.6 is 0 Å². The van der Waals surface area contributed by atoms with E-state index < -0.39 is 5.91 Å². The summed E-state index contributed by atoms with van der Waals surface area (Å²) in [5, 5.41) is 8.67. The zero-order valence-corrected chi connectivity index (χ0v) is 18.1. The highest BCUT2D eigenvalue weighted by Crippen LogP contribution is 2.28. The molecule has 3 aromatic carbocycles. The van der Waals surface area contributed by atoms with Crippen molar-refractivity contribution < 1.29 is 19.1 Å². The van der Waals surface area contributed by atoms with Crippen LogP contribution in [0.5, 0.6) is 11.5 Å². The van der Waals surface area contributed by atoms with Gasteiger partial charge in [0.2, 0.25) is 5.91 Å². The average Bonchev–Trinajstić information content (AvgIpc) is 2.80. The van der Waals surface area contributed by atoms with Gasteiger partial charge in [-0.2, -0.15) is 0 Å². The maximum Gasteiger partial charge on any atom is 0.272 e. The summed E-state index contributed by atoms with van der Waals surface area (Å²) >= 11 is 0. The number of amides is 2. The molecule has 0 fully saturated rings. The topological polar surface area (TPSA) is 88.7 Å². The Kier molecular flexibility index (Phi) is 7.48. The number of methoxy groups -OCH3 is 2. The molecule has 3 N–H and O–H groups in total. The number of para-hydroxylation sites is 1. The molecule has 32 heavy (non-hydrogen) atoms. The van der Waals surface area contributed by atoms with Crippen molar-refractivity contribution >= 4 is 35.0 Å². The number of ether oxygens (including phenoxy) is 2. The van der Waals surface area contributed by atoms with Crippen LogP contribution in [0.15, 0.2) is 78.5 Å². The molecule has 0 spiro atoms. The van der Waals surface area contributed by atoms with E-state index >= 15 is 0 Å². The molecule has 164 valence electrons. The highest BCUT2D eigenvalue weighted by atomic mass is 16.5. The van der Waals surface area contributed by atoms with Crippen molar-refractivity contribution in [2.24, 2.45) is 0 Å². The molecule has 0 bridgehead atoms. The molecular weight excluding hydrogens is 406 g/mol. The number of carbonyl (C=O) groups excluding carboxylic acids is 2. The fourth-order valence-corrected chi connectivity index (χ4v) is 2.98. The first-order valence-corrected chi connectivity index (χ1v) is 9.93. The van der Waals surface area contributed by atoms with Gasteiger partial charge < -0.3 is 25.4 Å². The SMILES string of the molecule is COc1ccc(C=C(NC(C)=O)C(=O)Nc2ccc(Nc3ccccc3)cc2)cc1OC. The van der Waals surface area contributed by atoms with Crippen LogP contribution in [0.4, 0.5) is 17.1 Å². The molecule has 3 rings (SSSR count). The minimum atomic E-state index is -0.446. The van der Waals surface area contributed by atoms with Crippen molar-refractivity contribution in [2.75, 3.05) is 24.9 Å². The van der Waals surface area contributed by atoms with Gasteiger partial charge in [-0.15, -0.1) is 0 Å². The first-order chi connectivity index (χ1) is 15.5. The molecule has 0 unspecified atom stereocenters. The smallest absolute Gasteiger partial charge is 0.272 e. The minimum absolute atomic E-state index is 0.108. The molecule has 0 heterocycles. The van der Waals surface area contributed by atoms with Crippen LogP contribution in [-0.2, 0) is 9.59 Å². The largest absolute Gasteiger partial charge is 0.493 e. The van der Waals surface area contributed by atoms with Crippen molar-refractivity contribution in [1.82, 2.24) is 5.32 Å². The third kappa shape index (κ3) is 6.12. The summed E-state index contributed by atoms with van der Waals surface area (Å²) in [7, 11) is 3.08. The monoisotopic (exact) mass is 431 g/mol. The summed E-state index contributed by atoms with van der Waals surface area (Å²) in [6, 6.07) is 22.3. The van der Waals surface area contributed by atoms with Crippen LogP contribution in [0, 0.1) is 0 Å². The second-order valence-corrected chi connectivity index (χ2v) is 6.88. The van der Waals surface area contributed by atoms with Crippen molar-refractivity contribution in [3.05, 3.63) is 84.1 Å². The quantitative estimate of drug-likeness (QED) is 0.455. The lowest BCUT2D eigenvalue weighted by atomic mass is 10.1. The van der Waals surface area contributed by atoms with Gasteiger partial charge in [-0.25, -0.2) is 0 Å². The molecule has 7 nitrogen and oxygen atoms in total. The molecule has 0 aliphatic carbocycles. The van der Waals surface area contributed by atoms with Gasteiger partial charge >= 0.3 is 0 Å². The van der Waals surface area contributed by atoms with Gasteiger partial charge in [0.1, 0.15) is 5.70 Å².